The number of hydrogen-bond acceptors (Lipinski definition) is 5. The minimum atomic E-state index is 0.0847. The quantitative estimate of drug-likeness (QED) is 0.645. The molecule has 0 bridgehead atoms. The molecule has 0 saturated carbocycles. The Morgan fingerprint density at radius 1 is 1.06 bits per heavy atom. The number of ether oxygens (including phenoxy) is 1. The van der Waals surface area contributed by atoms with Crippen molar-refractivity contribution in [2.45, 2.75) is 77.8 Å². The highest BCUT2D eigenvalue weighted by Crippen LogP contribution is 2.36. The van der Waals surface area contributed by atoms with Crippen LogP contribution in [0.1, 0.15) is 90.1 Å². The van der Waals surface area contributed by atoms with Crippen molar-refractivity contribution in [3.05, 3.63) is 52.1 Å². The number of hydrogen-bond donors (Lipinski definition) is 0. The lowest BCUT2D eigenvalue weighted by Crippen LogP contribution is -2.36. The highest BCUT2D eigenvalue weighted by atomic mass is 16.5. The molecule has 3 aliphatic rings. The standard InChI is InChI=1S/C27H36N4O2/c1-3-33-25-16-21-10-7-9-20(21)15-22(25)18-31-14-8-11-24(31)26-28-17-23(19(2)29-26)27(32)30-12-5-4-6-13-30/h15-17,24H,3-14,18H2,1-2H3/t24-/m0/s1. The van der Waals surface area contributed by atoms with Gasteiger partial charge in [0.1, 0.15) is 11.6 Å². The Bertz CT molecular complexity index is 1020. The summed E-state index contributed by atoms with van der Waals surface area (Å²) in [6.07, 6.45) is 10.9. The van der Waals surface area contributed by atoms with Crippen molar-refractivity contribution in [3.63, 3.8) is 0 Å². The Balaban J connectivity index is 1.35. The van der Waals surface area contributed by atoms with Crippen molar-refractivity contribution in [2.75, 3.05) is 26.2 Å². The molecule has 1 amide bonds. The van der Waals surface area contributed by atoms with Crippen LogP contribution in [0.2, 0.25) is 0 Å². The lowest BCUT2D eigenvalue weighted by atomic mass is 10.0. The van der Waals surface area contributed by atoms with E-state index in [1.54, 1.807) is 6.20 Å². The van der Waals surface area contributed by atoms with Gasteiger partial charge in [-0.25, -0.2) is 9.97 Å². The minimum Gasteiger partial charge on any atom is -0.494 e. The first-order chi connectivity index (χ1) is 16.1. The van der Waals surface area contributed by atoms with Crippen molar-refractivity contribution in [2.24, 2.45) is 0 Å². The van der Waals surface area contributed by atoms with E-state index in [9.17, 15) is 4.79 Å². The van der Waals surface area contributed by atoms with Gasteiger partial charge in [0.25, 0.3) is 5.91 Å². The molecule has 1 aromatic heterocycles. The molecule has 33 heavy (non-hydrogen) atoms. The summed E-state index contributed by atoms with van der Waals surface area (Å²) in [7, 11) is 0. The van der Waals surface area contributed by atoms with Crippen LogP contribution in [0.4, 0.5) is 0 Å². The molecule has 0 radical (unpaired) electrons. The van der Waals surface area contributed by atoms with Crippen LogP contribution in [-0.4, -0.2) is 51.9 Å². The Morgan fingerprint density at radius 3 is 2.61 bits per heavy atom. The first-order valence-corrected chi connectivity index (χ1v) is 12.8. The van der Waals surface area contributed by atoms with Gasteiger partial charge < -0.3 is 9.64 Å². The van der Waals surface area contributed by atoms with Crippen LogP contribution in [0.15, 0.2) is 18.3 Å². The molecule has 0 spiro atoms. The van der Waals surface area contributed by atoms with Gasteiger partial charge in [-0.05, 0) is 89.0 Å². The summed E-state index contributed by atoms with van der Waals surface area (Å²) in [6, 6.07) is 4.83. The topological polar surface area (TPSA) is 58.6 Å². The minimum absolute atomic E-state index is 0.0847. The fraction of sp³-hybridized carbons (Fsp3) is 0.593. The summed E-state index contributed by atoms with van der Waals surface area (Å²) in [4.78, 5) is 27.0. The van der Waals surface area contributed by atoms with Crippen LogP contribution < -0.4 is 4.74 Å². The number of carbonyl (C=O) groups is 1. The smallest absolute Gasteiger partial charge is 0.257 e. The van der Waals surface area contributed by atoms with Crippen LogP contribution in [0, 0.1) is 6.92 Å². The molecule has 1 aliphatic carbocycles. The van der Waals surface area contributed by atoms with Crippen molar-refractivity contribution in [1.82, 2.24) is 19.8 Å². The zero-order valence-corrected chi connectivity index (χ0v) is 20.1. The van der Waals surface area contributed by atoms with E-state index in [0.717, 1.165) is 75.6 Å². The second-order valence-electron chi connectivity index (χ2n) is 9.72. The van der Waals surface area contributed by atoms with E-state index in [4.69, 9.17) is 14.7 Å². The maximum Gasteiger partial charge on any atom is 0.257 e. The fourth-order valence-corrected chi connectivity index (χ4v) is 5.72. The van der Waals surface area contributed by atoms with Crippen LogP contribution in [0.5, 0.6) is 5.75 Å². The van der Waals surface area contributed by atoms with Crippen molar-refractivity contribution in [3.8, 4) is 5.75 Å². The van der Waals surface area contributed by atoms with Gasteiger partial charge >= 0.3 is 0 Å². The molecule has 6 nitrogen and oxygen atoms in total. The van der Waals surface area contributed by atoms with Crippen LogP contribution in [0.3, 0.4) is 0 Å². The third kappa shape index (κ3) is 4.63. The Labute approximate surface area is 197 Å². The fourth-order valence-electron chi connectivity index (χ4n) is 5.72. The third-order valence-corrected chi connectivity index (χ3v) is 7.48. The molecule has 3 heterocycles. The number of nitrogens with zero attached hydrogens (tertiary/aromatic N) is 4. The summed E-state index contributed by atoms with van der Waals surface area (Å²) in [6.45, 7) is 8.27. The number of fused-ring (bicyclic) bond motifs is 1. The monoisotopic (exact) mass is 448 g/mol. The molecular weight excluding hydrogens is 412 g/mol. The Hall–Kier alpha value is -2.47. The third-order valence-electron chi connectivity index (χ3n) is 7.48. The van der Waals surface area contributed by atoms with Gasteiger partial charge in [-0.3, -0.25) is 9.69 Å². The van der Waals surface area contributed by atoms with E-state index in [1.807, 2.05) is 11.8 Å². The second-order valence-corrected chi connectivity index (χ2v) is 9.72. The molecule has 6 heteroatoms. The highest BCUT2D eigenvalue weighted by molar-refractivity contribution is 5.95. The molecule has 0 unspecified atom stereocenters. The van der Waals surface area contributed by atoms with E-state index >= 15 is 0 Å². The van der Waals surface area contributed by atoms with Gasteiger partial charge in [-0.2, -0.15) is 0 Å². The van der Waals surface area contributed by atoms with Gasteiger partial charge in [-0.1, -0.05) is 6.07 Å². The molecule has 0 N–H and O–H groups in total. The average Bonchev–Trinajstić information content (AvgIpc) is 3.49. The van der Waals surface area contributed by atoms with E-state index in [0.29, 0.717) is 12.2 Å². The molecular formula is C27H36N4O2. The number of likely N-dealkylation sites (tertiary alicyclic amines) is 2. The maximum atomic E-state index is 13.0. The molecule has 2 fully saturated rings. The number of aryl methyl sites for hydroxylation is 3. The summed E-state index contributed by atoms with van der Waals surface area (Å²) >= 11 is 0. The van der Waals surface area contributed by atoms with Gasteiger partial charge in [-0.15, -0.1) is 0 Å². The van der Waals surface area contributed by atoms with Gasteiger partial charge in [0.05, 0.1) is 23.9 Å². The molecule has 2 saturated heterocycles. The van der Waals surface area contributed by atoms with Crippen molar-refractivity contribution >= 4 is 5.91 Å². The van der Waals surface area contributed by atoms with E-state index in [1.165, 1.54) is 36.0 Å². The van der Waals surface area contributed by atoms with Crippen LogP contribution in [0.25, 0.3) is 0 Å². The van der Waals surface area contributed by atoms with E-state index < -0.39 is 0 Å². The molecule has 176 valence electrons. The number of benzene rings is 1. The zero-order chi connectivity index (χ0) is 22.8. The lowest BCUT2D eigenvalue weighted by molar-refractivity contribution is 0.0722. The molecule has 1 aromatic carbocycles. The number of rotatable bonds is 6. The van der Waals surface area contributed by atoms with Gasteiger partial charge in [0.2, 0.25) is 0 Å². The first kappa shape index (κ1) is 22.3. The predicted molar refractivity (Wildman–Crippen MR) is 129 cm³/mol. The van der Waals surface area contributed by atoms with Crippen LogP contribution >= 0.6 is 0 Å². The largest absolute Gasteiger partial charge is 0.494 e. The SMILES string of the molecule is CCOc1cc2c(cc1CN1CCC[C@H]1c1ncc(C(=O)N3CCCCC3)c(C)n1)CCC2. The van der Waals surface area contributed by atoms with Crippen molar-refractivity contribution in [1.29, 1.82) is 0 Å². The van der Waals surface area contributed by atoms with E-state index in [-0.39, 0.29) is 11.9 Å². The maximum absolute atomic E-state index is 13.0. The predicted octanol–water partition coefficient (Wildman–Crippen LogP) is 4.64. The average molecular weight is 449 g/mol. The Morgan fingerprint density at radius 2 is 1.85 bits per heavy atom. The summed E-state index contributed by atoms with van der Waals surface area (Å²) in [5.74, 6) is 1.96. The summed E-state index contributed by atoms with van der Waals surface area (Å²) in [5.41, 5.74) is 5.67. The van der Waals surface area contributed by atoms with Gasteiger partial charge in [0.15, 0.2) is 0 Å². The van der Waals surface area contributed by atoms with Crippen molar-refractivity contribution < 1.29 is 9.53 Å². The molecule has 1 atom stereocenters. The number of aromatic nitrogens is 2. The normalized spacial score (nSPS) is 20.8. The lowest BCUT2D eigenvalue weighted by Gasteiger charge is -2.28. The summed E-state index contributed by atoms with van der Waals surface area (Å²) < 4.78 is 6.03. The Kier molecular flexibility index (Phi) is 6.63. The number of amides is 1. The second kappa shape index (κ2) is 9.80. The number of carbonyl (C=O) groups excluding carboxylic acids is 1. The van der Waals surface area contributed by atoms with E-state index in [2.05, 4.69) is 24.0 Å². The van der Waals surface area contributed by atoms with Crippen LogP contribution in [-0.2, 0) is 19.4 Å². The van der Waals surface area contributed by atoms with Gasteiger partial charge in [0, 0.05) is 31.4 Å². The zero-order valence-electron chi connectivity index (χ0n) is 20.1. The number of piperidine rings is 1. The molecule has 2 aromatic rings. The molecule has 5 rings (SSSR count). The first-order valence-electron chi connectivity index (χ1n) is 12.8. The summed E-state index contributed by atoms with van der Waals surface area (Å²) in [5, 5.41) is 0. The molecule has 2 aliphatic heterocycles. The highest BCUT2D eigenvalue weighted by Gasteiger charge is 2.30.